The maximum absolute atomic E-state index is 11.3. The molecule has 0 aliphatic carbocycles. The molecule has 0 aliphatic heterocycles. The highest BCUT2D eigenvalue weighted by atomic mass is 35.5. The van der Waals surface area contributed by atoms with Crippen molar-refractivity contribution in [3.8, 4) is 0 Å². The van der Waals surface area contributed by atoms with Crippen LogP contribution in [-0.2, 0) is 4.74 Å². The number of thiophene rings is 1. The summed E-state index contributed by atoms with van der Waals surface area (Å²) in [4.78, 5) is 20.0. The zero-order valence-corrected chi connectivity index (χ0v) is 8.72. The van der Waals surface area contributed by atoms with Gasteiger partial charge in [0.2, 0.25) is 0 Å². The molecular weight excluding hydrogens is 224 g/mol. The van der Waals surface area contributed by atoms with E-state index in [1.807, 2.05) is 0 Å². The first-order valence-electron chi connectivity index (χ1n) is 3.70. The predicted molar refractivity (Wildman–Crippen MR) is 53.8 cm³/mol. The zero-order chi connectivity index (χ0) is 10.1. The topological polar surface area (TPSA) is 52.1 Å². The van der Waals surface area contributed by atoms with Gasteiger partial charge in [0.25, 0.3) is 0 Å². The van der Waals surface area contributed by atoms with Crippen molar-refractivity contribution in [1.82, 2.24) is 9.97 Å². The van der Waals surface area contributed by atoms with Crippen LogP contribution in [0.1, 0.15) is 10.4 Å². The quantitative estimate of drug-likeness (QED) is 0.702. The largest absolute Gasteiger partial charge is 0.465 e. The first-order chi connectivity index (χ1) is 6.72. The van der Waals surface area contributed by atoms with Crippen molar-refractivity contribution in [1.29, 1.82) is 0 Å². The first kappa shape index (κ1) is 9.36. The molecule has 0 bridgehead atoms. The van der Waals surface area contributed by atoms with Gasteiger partial charge in [-0.25, -0.2) is 14.8 Å². The lowest BCUT2D eigenvalue weighted by atomic mass is 10.3. The van der Waals surface area contributed by atoms with Gasteiger partial charge in [-0.05, 0) is 0 Å². The van der Waals surface area contributed by atoms with Crippen molar-refractivity contribution >= 4 is 39.3 Å². The molecule has 0 aliphatic rings. The molecule has 72 valence electrons. The summed E-state index contributed by atoms with van der Waals surface area (Å²) in [6.07, 6.45) is 1.45. The van der Waals surface area contributed by atoms with Gasteiger partial charge < -0.3 is 4.74 Å². The van der Waals surface area contributed by atoms with Gasteiger partial charge in [-0.1, -0.05) is 11.6 Å². The number of hydrogen-bond acceptors (Lipinski definition) is 5. The summed E-state index contributed by atoms with van der Waals surface area (Å²) in [5.74, 6) is -0.423. The van der Waals surface area contributed by atoms with E-state index < -0.39 is 5.97 Å². The predicted octanol–water partition coefficient (Wildman–Crippen LogP) is 2.13. The molecule has 4 nitrogen and oxygen atoms in total. The van der Waals surface area contributed by atoms with Gasteiger partial charge in [0.1, 0.15) is 15.5 Å². The number of halogens is 1. The monoisotopic (exact) mass is 228 g/mol. The Morgan fingerprint density at radius 2 is 2.43 bits per heavy atom. The van der Waals surface area contributed by atoms with Crippen molar-refractivity contribution in [2.75, 3.05) is 7.11 Å². The Hall–Kier alpha value is -1.20. The normalized spacial score (nSPS) is 10.4. The van der Waals surface area contributed by atoms with Gasteiger partial charge in [-0.3, -0.25) is 0 Å². The molecule has 14 heavy (non-hydrogen) atoms. The number of hydrogen-bond donors (Lipinski definition) is 0. The Morgan fingerprint density at radius 3 is 3.14 bits per heavy atom. The fraction of sp³-hybridized carbons (Fsp3) is 0.125. The van der Waals surface area contributed by atoms with Crippen molar-refractivity contribution in [2.24, 2.45) is 0 Å². The smallest absolute Gasteiger partial charge is 0.341 e. The van der Waals surface area contributed by atoms with E-state index in [1.165, 1.54) is 24.6 Å². The molecule has 6 heteroatoms. The van der Waals surface area contributed by atoms with Crippen molar-refractivity contribution in [3.05, 3.63) is 22.3 Å². The first-order valence-corrected chi connectivity index (χ1v) is 4.96. The summed E-state index contributed by atoms with van der Waals surface area (Å²) >= 11 is 7.01. The van der Waals surface area contributed by atoms with Crippen LogP contribution in [0, 0.1) is 0 Å². The molecular formula is C8H5ClN2O2S. The van der Waals surface area contributed by atoms with Gasteiger partial charge in [0, 0.05) is 5.38 Å². The molecule has 0 amide bonds. The number of methoxy groups -OCH3 is 1. The maximum Gasteiger partial charge on any atom is 0.341 e. The SMILES string of the molecule is COC(=O)c1csc2ncc(Cl)nc12. The molecule has 0 atom stereocenters. The number of carbonyl (C=O) groups excluding carboxylic acids is 1. The number of carbonyl (C=O) groups is 1. The molecule has 2 heterocycles. The highest BCUT2D eigenvalue weighted by molar-refractivity contribution is 7.17. The number of esters is 1. The molecule has 0 saturated heterocycles. The van der Waals surface area contributed by atoms with E-state index in [0.29, 0.717) is 15.9 Å². The van der Waals surface area contributed by atoms with E-state index in [-0.39, 0.29) is 5.15 Å². The number of nitrogens with zero attached hydrogens (tertiary/aromatic N) is 2. The lowest BCUT2D eigenvalue weighted by Crippen LogP contribution is -2.00. The second-order valence-electron chi connectivity index (χ2n) is 2.49. The Balaban J connectivity index is 2.67. The summed E-state index contributed by atoms with van der Waals surface area (Å²) in [7, 11) is 1.32. The van der Waals surface area contributed by atoms with Crippen molar-refractivity contribution in [2.45, 2.75) is 0 Å². The number of fused-ring (bicyclic) bond motifs is 1. The highest BCUT2D eigenvalue weighted by Crippen LogP contribution is 2.23. The molecule has 0 unspecified atom stereocenters. The number of rotatable bonds is 1. The molecule has 0 saturated carbocycles. The Bertz CT molecular complexity index is 497. The summed E-state index contributed by atoms with van der Waals surface area (Å²) in [6.45, 7) is 0. The Labute approximate surface area is 88.5 Å². The Morgan fingerprint density at radius 1 is 1.64 bits per heavy atom. The highest BCUT2D eigenvalue weighted by Gasteiger charge is 2.14. The molecule has 2 aromatic rings. The third-order valence-electron chi connectivity index (χ3n) is 1.66. The Kier molecular flexibility index (Phi) is 2.35. The van der Waals surface area contributed by atoms with Crippen LogP contribution in [-0.4, -0.2) is 23.0 Å². The molecule has 0 radical (unpaired) electrons. The van der Waals surface area contributed by atoms with E-state index >= 15 is 0 Å². The summed E-state index contributed by atoms with van der Waals surface area (Å²) in [6, 6.07) is 0. The van der Waals surface area contributed by atoms with Gasteiger partial charge in [0.05, 0.1) is 18.9 Å². The summed E-state index contributed by atoms with van der Waals surface area (Å²) in [5.41, 5.74) is 0.900. The second-order valence-corrected chi connectivity index (χ2v) is 3.73. The van der Waals surface area contributed by atoms with Crippen LogP contribution < -0.4 is 0 Å². The molecule has 0 N–H and O–H groups in total. The summed E-state index contributed by atoms with van der Waals surface area (Å²) in [5, 5.41) is 1.92. The van der Waals surface area contributed by atoms with E-state index in [2.05, 4.69) is 14.7 Å². The van der Waals surface area contributed by atoms with E-state index in [0.717, 1.165) is 0 Å². The van der Waals surface area contributed by atoms with Gasteiger partial charge in [-0.15, -0.1) is 11.3 Å². The van der Waals surface area contributed by atoms with Crippen LogP contribution in [0.3, 0.4) is 0 Å². The van der Waals surface area contributed by atoms with Gasteiger partial charge in [0.15, 0.2) is 0 Å². The number of aromatic nitrogens is 2. The molecule has 2 rings (SSSR count). The fourth-order valence-corrected chi connectivity index (χ4v) is 1.99. The summed E-state index contributed by atoms with van der Waals surface area (Å²) < 4.78 is 4.60. The van der Waals surface area contributed by atoms with Crippen LogP contribution >= 0.6 is 22.9 Å². The fourth-order valence-electron chi connectivity index (χ4n) is 1.04. The third-order valence-corrected chi connectivity index (χ3v) is 2.72. The molecule has 0 fully saturated rings. The minimum atomic E-state index is -0.423. The van der Waals surface area contributed by atoms with Gasteiger partial charge >= 0.3 is 5.97 Å². The van der Waals surface area contributed by atoms with E-state index in [9.17, 15) is 4.79 Å². The lowest BCUT2D eigenvalue weighted by Gasteiger charge is -1.95. The van der Waals surface area contributed by atoms with Crippen LogP contribution in [0.25, 0.3) is 10.3 Å². The zero-order valence-electron chi connectivity index (χ0n) is 7.15. The standard InChI is InChI=1S/C8H5ClN2O2S/c1-13-8(12)4-3-14-7-6(4)11-5(9)2-10-7/h2-3H,1H3. The van der Waals surface area contributed by atoms with Gasteiger partial charge in [-0.2, -0.15) is 0 Å². The minimum Gasteiger partial charge on any atom is -0.465 e. The van der Waals surface area contributed by atoms with E-state index in [4.69, 9.17) is 11.6 Å². The molecule has 2 aromatic heterocycles. The lowest BCUT2D eigenvalue weighted by molar-refractivity contribution is 0.0603. The average Bonchev–Trinajstić information content (AvgIpc) is 2.59. The van der Waals surface area contributed by atoms with Crippen LogP contribution in [0.5, 0.6) is 0 Å². The maximum atomic E-state index is 11.3. The van der Waals surface area contributed by atoms with Crippen molar-refractivity contribution in [3.63, 3.8) is 0 Å². The average molecular weight is 229 g/mol. The van der Waals surface area contributed by atoms with Crippen molar-refractivity contribution < 1.29 is 9.53 Å². The molecule has 0 aromatic carbocycles. The minimum absolute atomic E-state index is 0.265. The van der Waals surface area contributed by atoms with Crippen LogP contribution in [0.4, 0.5) is 0 Å². The third kappa shape index (κ3) is 1.44. The van der Waals surface area contributed by atoms with Crippen LogP contribution in [0.2, 0.25) is 5.15 Å². The molecule has 0 spiro atoms. The van der Waals surface area contributed by atoms with Crippen LogP contribution in [0.15, 0.2) is 11.6 Å². The second kappa shape index (κ2) is 3.51. The number of ether oxygens (including phenoxy) is 1. The van der Waals surface area contributed by atoms with E-state index in [1.54, 1.807) is 5.38 Å².